The SMILES string of the molecule is C[C@H]1OC(O)C(O)C1O. The first-order valence-corrected chi connectivity index (χ1v) is 2.82. The van der Waals surface area contributed by atoms with Crippen molar-refractivity contribution in [2.45, 2.75) is 31.5 Å². The molecule has 0 aliphatic carbocycles. The molecule has 0 bridgehead atoms. The summed E-state index contributed by atoms with van der Waals surface area (Å²) in [4.78, 5) is 0. The van der Waals surface area contributed by atoms with Gasteiger partial charge in [0.05, 0.1) is 6.10 Å². The van der Waals surface area contributed by atoms with Crippen LogP contribution >= 0.6 is 0 Å². The molecule has 1 saturated heterocycles. The minimum absolute atomic E-state index is 0.477. The Hall–Kier alpha value is -0.160. The highest BCUT2D eigenvalue weighted by atomic mass is 16.6. The van der Waals surface area contributed by atoms with Gasteiger partial charge in [-0.3, -0.25) is 0 Å². The van der Waals surface area contributed by atoms with Gasteiger partial charge in [0.25, 0.3) is 0 Å². The van der Waals surface area contributed by atoms with Gasteiger partial charge in [0.1, 0.15) is 12.2 Å². The van der Waals surface area contributed by atoms with Gasteiger partial charge in [-0.1, -0.05) is 0 Å². The molecular formula is C5H10O4. The summed E-state index contributed by atoms with van der Waals surface area (Å²) in [5.41, 5.74) is 0. The van der Waals surface area contributed by atoms with E-state index in [2.05, 4.69) is 4.74 Å². The van der Waals surface area contributed by atoms with Gasteiger partial charge in [0, 0.05) is 0 Å². The predicted octanol–water partition coefficient (Wildman–Crippen LogP) is -1.55. The van der Waals surface area contributed by atoms with Crippen molar-refractivity contribution >= 4 is 0 Å². The molecule has 1 fully saturated rings. The Balaban J connectivity index is 2.54. The van der Waals surface area contributed by atoms with E-state index < -0.39 is 24.6 Å². The van der Waals surface area contributed by atoms with Crippen LogP contribution in [0.15, 0.2) is 0 Å². The molecule has 3 N–H and O–H groups in total. The molecule has 0 aromatic heterocycles. The Morgan fingerprint density at radius 1 is 1.11 bits per heavy atom. The average Bonchev–Trinajstić information content (AvgIpc) is 1.98. The minimum atomic E-state index is -1.23. The zero-order valence-electron chi connectivity index (χ0n) is 5.06. The fourth-order valence-electron chi connectivity index (χ4n) is 0.827. The first-order valence-electron chi connectivity index (χ1n) is 2.82. The van der Waals surface area contributed by atoms with Gasteiger partial charge in [-0.15, -0.1) is 0 Å². The molecule has 0 radical (unpaired) electrons. The van der Waals surface area contributed by atoms with Crippen LogP contribution in [0.1, 0.15) is 6.92 Å². The number of ether oxygens (including phenoxy) is 1. The summed E-state index contributed by atoms with van der Waals surface area (Å²) in [6, 6.07) is 0. The number of hydrogen-bond donors (Lipinski definition) is 3. The zero-order chi connectivity index (χ0) is 7.02. The first-order chi connectivity index (χ1) is 4.13. The molecule has 4 heteroatoms. The maximum atomic E-state index is 8.90. The van der Waals surface area contributed by atoms with Crippen molar-refractivity contribution in [2.75, 3.05) is 0 Å². The van der Waals surface area contributed by atoms with Gasteiger partial charge < -0.3 is 20.1 Å². The highest BCUT2D eigenvalue weighted by Gasteiger charge is 2.38. The Morgan fingerprint density at radius 2 is 1.67 bits per heavy atom. The highest BCUT2D eigenvalue weighted by molar-refractivity contribution is 4.82. The van der Waals surface area contributed by atoms with E-state index >= 15 is 0 Å². The number of hydrogen-bond acceptors (Lipinski definition) is 4. The summed E-state index contributed by atoms with van der Waals surface area (Å²) >= 11 is 0. The third-order valence-corrected chi connectivity index (χ3v) is 1.48. The lowest BCUT2D eigenvalue weighted by molar-refractivity contribution is -0.124. The number of aliphatic hydroxyl groups is 3. The van der Waals surface area contributed by atoms with E-state index in [1.54, 1.807) is 6.92 Å². The van der Waals surface area contributed by atoms with Crippen molar-refractivity contribution < 1.29 is 20.1 Å². The maximum Gasteiger partial charge on any atom is 0.183 e. The van der Waals surface area contributed by atoms with Gasteiger partial charge in [0.2, 0.25) is 0 Å². The van der Waals surface area contributed by atoms with Crippen LogP contribution in [-0.2, 0) is 4.74 Å². The molecule has 0 aromatic carbocycles. The van der Waals surface area contributed by atoms with E-state index in [0.717, 1.165) is 0 Å². The fraction of sp³-hybridized carbons (Fsp3) is 1.00. The van der Waals surface area contributed by atoms with E-state index in [0.29, 0.717) is 0 Å². The van der Waals surface area contributed by atoms with Crippen LogP contribution in [0.5, 0.6) is 0 Å². The maximum absolute atomic E-state index is 8.90. The van der Waals surface area contributed by atoms with Crippen molar-refractivity contribution in [3.05, 3.63) is 0 Å². The second-order valence-electron chi connectivity index (χ2n) is 2.21. The Kier molecular flexibility index (Phi) is 1.72. The third-order valence-electron chi connectivity index (χ3n) is 1.48. The molecule has 54 valence electrons. The van der Waals surface area contributed by atoms with Crippen LogP contribution in [0.3, 0.4) is 0 Å². The fourth-order valence-corrected chi connectivity index (χ4v) is 0.827. The van der Waals surface area contributed by atoms with Crippen molar-refractivity contribution in [1.82, 2.24) is 0 Å². The van der Waals surface area contributed by atoms with Crippen LogP contribution < -0.4 is 0 Å². The van der Waals surface area contributed by atoms with Crippen LogP contribution in [0.2, 0.25) is 0 Å². The summed E-state index contributed by atoms with van der Waals surface area (Å²) in [6.07, 6.45) is -3.81. The van der Waals surface area contributed by atoms with Crippen LogP contribution in [-0.4, -0.2) is 39.9 Å². The molecule has 0 saturated carbocycles. The summed E-state index contributed by atoms with van der Waals surface area (Å²) < 4.78 is 4.64. The molecule has 4 atom stereocenters. The number of rotatable bonds is 0. The average molecular weight is 134 g/mol. The van der Waals surface area contributed by atoms with Crippen molar-refractivity contribution in [3.8, 4) is 0 Å². The molecule has 4 nitrogen and oxygen atoms in total. The third kappa shape index (κ3) is 1.07. The Labute approximate surface area is 52.7 Å². The van der Waals surface area contributed by atoms with Gasteiger partial charge in [-0.25, -0.2) is 0 Å². The second-order valence-corrected chi connectivity index (χ2v) is 2.21. The van der Waals surface area contributed by atoms with E-state index in [4.69, 9.17) is 15.3 Å². The molecule has 1 rings (SSSR count). The van der Waals surface area contributed by atoms with Gasteiger partial charge in [-0.05, 0) is 6.92 Å². The highest BCUT2D eigenvalue weighted by Crippen LogP contribution is 2.18. The van der Waals surface area contributed by atoms with E-state index in [1.807, 2.05) is 0 Å². The lowest BCUT2D eigenvalue weighted by atomic mass is 10.2. The molecule has 9 heavy (non-hydrogen) atoms. The lowest BCUT2D eigenvalue weighted by Gasteiger charge is -2.07. The molecule has 0 amide bonds. The van der Waals surface area contributed by atoms with E-state index in [1.165, 1.54) is 0 Å². The molecule has 3 unspecified atom stereocenters. The van der Waals surface area contributed by atoms with Crippen molar-refractivity contribution in [3.63, 3.8) is 0 Å². The summed E-state index contributed by atoms with van der Waals surface area (Å²) in [7, 11) is 0. The molecular weight excluding hydrogens is 124 g/mol. The smallest absolute Gasteiger partial charge is 0.183 e. The summed E-state index contributed by atoms with van der Waals surface area (Å²) in [6.45, 7) is 1.59. The van der Waals surface area contributed by atoms with Gasteiger partial charge in [-0.2, -0.15) is 0 Å². The zero-order valence-corrected chi connectivity index (χ0v) is 5.06. The largest absolute Gasteiger partial charge is 0.388 e. The molecule has 0 aromatic rings. The van der Waals surface area contributed by atoms with Gasteiger partial charge in [0.15, 0.2) is 6.29 Å². The van der Waals surface area contributed by atoms with Gasteiger partial charge >= 0.3 is 0 Å². The quantitative estimate of drug-likeness (QED) is 0.375. The van der Waals surface area contributed by atoms with E-state index in [9.17, 15) is 0 Å². The molecule has 1 aliphatic heterocycles. The Morgan fingerprint density at radius 3 is 1.78 bits per heavy atom. The predicted molar refractivity (Wildman–Crippen MR) is 28.6 cm³/mol. The standard InChI is InChI=1S/C5H10O4/c1-2-3(6)4(7)5(8)9-2/h2-8H,1H3/t2-,3?,4?,5?/m1/s1. The monoisotopic (exact) mass is 134 g/mol. The second kappa shape index (κ2) is 2.22. The van der Waals surface area contributed by atoms with Crippen LogP contribution in [0.25, 0.3) is 0 Å². The normalized spacial score (nSPS) is 52.0. The lowest BCUT2D eigenvalue weighted by Crippen LogP contribution is -2.31. The minimum Gasteiger partial charge on any atom is -0.388 e. The summed E-state index contributed by atoms with van der Waals surface area (Å²) in [5, 5.41) is 26.4. The molecule has 1 aliphatic rings. The van der Waals surface area contributed by atoms with E-state index in [-0.39, 0.29) is 0 Å². The first kappa shape index (κ1) is 6.95. The topological polar surface area (TPSA) is 69.9 Å². The summed E-state index contributed by atoms with van der Waals surface area (Å²) in [5.74, 6) is 0. The van der Waals surface area contributed by atoms with Crippen LogP contribution in [0.4, 0.5) is 0 Å². The van der Waals surface area contributed by atoms with Crippen LogP contribution in [0, 0.1) is 0 Å². The molecule has 0 spiro atoms. The Bertz CT molecular complexity index is 93.1. The molecule has 1 heterocycles. The number of aliphatic hydroxyl groups excluding tert-OH is 3. The van der Waals surface area contributed by atoms with Crippen molar-refractivity contribution in [2.24, 2.45) is 0 Å². The van der Waals surface area contributed by atoms with Crippen molar-refractivity contribution in [1.29, 1.82) is 0 Å².